The summed E-state index contributed by atoms with van der Waals surface area (Å²) in [7, 11) is 0. The number of fused-ring (bicyclic) bond motifs is 5. The summed E-state index contributed by atoms with van der Waals surface area (Å²) in [6, 6.07) is 2.65. The average molecular weight is 461 g/mol. The third-order valence-corrected chi connectivity index (χ3v) is 6.51. The molecule has 2 fully saturated rings. The smallest absolute Gasteiger partial charge is 0.276 e. The summed E-state index contributed by atoms with van der Waals surface area (Å²) in [5.74, 6) is -3.87. The van der Waals surface area contributed by atoms with Gasteiger partial charge in [0.05, 0.1) is 31.9 Å². The number of aromatic hydroxyl groups is 1. The zero-order valence-corrected chi connectivity index (χ0v) is 17.6. The van der Waals surface area contributed by atoms with Crippen LogP contribution in [0, 0.1) is 17.6 Å². The van der Waals surface area contributed by atoms with Crippen molar-refractivity contribution in [1.82, 2.24) is 14.8 Å². The van der Waals surface area contributed by atoms with Gasteiger partial charge in [0.25, 0.3) is 11.8 Å². The van der Waals surface area contributed by atoms with Gasteiger partial charge in [0.15, 0.2) is 17.7 Å². The van der Waals surface area contributed by atoms with Gasteiger partial charge in [-0.05, 0) is 6.07 Å². The number of benzene rings is 1. The third-order valence-electron chi connectivity index (χ3n) is 6.51. The van der Waals surface area contributed by atoms with Crippen LogP contribution < -0.4 is 10.7 Å². The number of halogens is 2. The van der Waals surface area contributed by atoms with Crippen molar-refractivity contribution in [1.29, 1.82) is 0 Å². The normalized spacial score (nSPS) is 25.9. The van der Waals surface area contributed by atoms with Gasteiger partial charge in [0.2, 0.25) is 5.43 Å². The second-order valence-electron chi connectivity index (χ2n) is 8.45. The summed E-state index contributed by atoms with van der Waals surface area (Å²) < 4.78 is 39.8. The number of nitrogens with one attached hydrogen (secondary N) is 1. The number of aromatic nitrogens is 1. The first-order chi connectivity index (χ1) is 15.8. The summed E-state index contributed by atoms with van der Waals surface area (Å²) in [5.41, 5.74) is -1.63. The quantitative estimate of drug-likeness (QED) is 0.705. The molecule has 2 saturated heterocycles. The zero-order chi connectivity index (χ0) is 23.4. The monoisotopic (exact) mass is 461 g/mol. The highest BCUT2D eigenvalue weighted by molar-refractivity contribution is 5.99. The number of carbonyl (C=O) groups is 2. The molecule has 0 radical (unpaired) electrons. The third kappa shape index (κ3) is 3.47. The average Bonchev–Trinajstić information content (AvgIpc) is 2.75. The Labute approximate surface area is 186 Å². The zero-order valence-electron chi connectivity index (χ0n) is 17.6. The molecule has 4 heterocycles. The number of pyridine rings is 1. The van der Waals surface area contributed by atoms with E-state index in [1.54, 1.807) is 0 Å². The van der Waals surface area contributed by atoms with Crippen molar-refractivity contribution in [3.05, 3.63) is 63.1 Å². The van der Waals surface area contributed by atoms with Crippen molar-refractivity contribution < 1.29 is 33.0 Å². The fourth-order valence-electron chi connectivity index (χ4n) is 4.65. The summed E-state index contributed by atoms with van der Waals surface area (Å²) in [6.45, 7) is 2.51. The molecule has 11 heteroatoms. The minimum Gasteiger partial charge on any atom is -0.503 e. The van der Waals surface area contributed by atoms with E-state index in [4.69, 9.17) is 9.47 Å². The van der Waals surface area contributed by atoms with Gasteiger partial charge in [-0.2, -0.15) is 0 Å². The first kappa shape index (κ1) is 21.5. The van der Waals surface area contributed by atoms with Crippen LogP contribution >= 0.6 is 0 Å². The Morgan fingerprint density at radius 3 is 2.82 bits per heavy atom. The fraction of sp³-hybridized carbons (Fsp3) is 0.409. The summed E-state index contributed by atoms with van der Waals surface area (Å²) >= 11 is 0. The molecule has 2 amide bonds. The van der Waals surface area contributed by atoms with Crippen LogP contribution in [0.3, 0.4) is 0 Å². The lowest BCUT2D eigenvalue weighted by molar-refractivity contribution is -0.231. The minimum absolute atomic E-state index is 0.0243. The van der Waals surface area contributed by atoms with Gasteiger partial charge in [0.1, 0.15) is 17.2 Å². The summed E-state index contributed by atoms with van der Waals surface area (Å²) in [4.78, 5) is 40.1. The molecule has 0 saturated carbocycles. The summed E-state index contributed by atoms with van der Waals surface area (Å²) in [6.07, 6.45) is 0.364. The Hall–Kier alpha value is -3.31. The number of ether oxygens (including phenoxy) is 2. The van der Waals surface area contributed by atoms with Gasteiger partial charge in [-0.25, -0.2) is 8.78 Å². The number of hydrogen-bond acceptors (Lipinski definition) is 6. The van der Waals surface area contributed by atoms with E-state index in [-0.39, 0.29) is 42.4 Å². The first-order valence-electron chi connectivity index (χ1n) is 10.5. The molecule has 2 N–H and O–H groups in total. The van der Waals surface area contributed by atoms with Gasteiger partial charge in [-0.1, -0.05) is 13.0 Å². The fourth-order valence-corrected chi connectivity index (χ4v) is 4.65. The van der Waals surface area contributed by atoms with Crippen LogP contribution in [0.2, 0.25) is 0 Å². The van der Waals surface area contributed by atoms with Crippen molar-refractivity contribution in [2.75, 3.05) is 13.2 Å². The summed E-state index contributed by atoms with van der Waals surface area (Å²) in [5, 5.41) is 12.9. The predicted molar refractivity (Wildman–Crippen MR) is 108 cm³/mol. The molecule has 3 aliphatic heterocycles. The largest absolute Gasteiger partial charge is 0.503 e. The molecule has 1 aromatic carbocycles. The van der Waals surface area contributed by atoms with E-state index in [0.29, 0.717) is 19.3 Å². The molecule has 4 atom stereocenters. The molecule has 0 aliphatic carbocycles. The van der Waals surface area contributed by atoms with Gasteiger partial charge < -0.3 is 29.4 Å². The molecule has 0 spiro atoms. The van der Waals surface area contributed by atoms with Crippen LogP contribution in [0.25, 0.3) is 0 Å². The maximum atomic E-state index is 13.8. The Morgan fingerprint density at radius 1 is 1.27 bits per heavy atom. The van der Waals surface area contributed by atoms with Gasteiger partial charge in [-0.15, -0.1) is 0 Å². The Morgan fingerprint density at radius 2 is 2.06 bits per heavy atom. The van der Waals surface area contributed by atoms with Crippen LogP contribution in [0.4, 0.5) is 8.78 Å². The molecule has 3 aliphatic rings. The molecule has 1 aromatic heterocycles. The molecule has 174 valence electrons. The van der Waals surface area contributed by atoms with Crippen molar-refractivity contribution in [2.24, 2.45) is 5.92 Å². The molecular formula is C22H21F2N3O6. The van der Waals surface area contributed by atoms with E-state index < -0.39 is 46.4 Å². The lowest BCUT2D eigenvalue weighted by Crippen LogP contribution is -2.66. The van der Waals surface area contributed by atoms with Crippen molar-refractivity contribution in [3.8, 4) is 5.75 Å². The van der Waals surface area contributed by atoms with E-state index >= 15 is 0 Å². The number of carbonyl (C=O) groups excluding carboxylic acids is 2. The van der Waals surface area contributed by atoms with E-state index in [1.165, 1.54) is 21.7 Å². The highest BCUT2D eigenvalue weighted by Crippen LogP contribution is 2.36. The van der Waals surface area contributed by atoms with E-state index in [1.807, 2.05) is 6.92 Å². The SMILES string of the molecule is C[C@H]1[C@@H]2COC[C@H]1N1C(=O)c3c(O)c(=O)c(C(=O)NCc4ccc(F)cc4F)cn3C[C@@H]1O2. The molecule has 2 bridgehead atoms. The van der Waals surface area contributed by atoms with Crippen molar-refractivity contribution in [3.63, 3.8) is 0 Å². The van der Waals surface area contributed by atoms with Crippen LogP contribution in [0.1, 0.15) is 33.3 Å². The van der Waals surface area contributed by atoms with E-state index in [9.17, 15) is 28.3 Å². The van der Waals surface area contributed by atoms with Crippen LogP contribution in [-0.4, -0.2) is 58.0 Å². The Kier molecular flexibility index (Phi) is 5.17. The van der Waals surface area contributed by atoms with Crippen LogP contribution in [-0.2, 0) is 22.6 Å². The highest BCUT2D eigenvalue weighted by Gasteiger charge is 2.50. The molecular weight excluding hydrogens is 440 g/mol. The predicted octanol–water partition coefficient (Wildman–Crippen LogP) is 0.978. The van der Waals surface area contributed by atoms with Crippen LogP contribution in [0.15, 0.2) is 29.2 Å². The lowest BCUT2D eigenvalue weighted by atomic mass is 9.89. The lowest BCUT2D eigenvalue weighted by Gasteiger charge is -2.53. The molecule has 9 nitrogen and oxygen atoms in total. The minimum atomic E-state index is -1.02. The number of nitrogens with zero attached hydrogens (tertiary/aromatic N) is 2. The number of rotatable bonds is 3. The number of amides is 2. The maximum Gasteiger partial charge on any atom is 0.276 e. The Bertz CT molecular complexity index is 1220. The molecule has 2 aromatic rings. The number of hydrogen-bond donors (Lipinski definition) is 2. The molecule has 0 unspecified atom stereocenters. The molecule has 5 rings (SSSR count). The van der Waals surface area contributed by atoms with E-state index in [2.05, 4.69) is 5.32 Å². The standard InChI is InChI=1S/C22H21F2N3O6/c1-10-15-8-32-9-16(10)33-17-7-26-6-13(19(28)20(29)18(26)22(31)27(15)17)21(30)25-5-11-2-3-12(23)4-14(11)24/h2-4,6,10,15-17,29H,5,7-9H2,1H3,(H,25,30)/t10-,15-,16+,17+/m1/s1. The van der Waals surface area contributed by atoms with Gasteiger partial charge in [0, 0.05) is 30.3 Å². The second-order valence-corrected chi connectivity index (χ2v) is 8.45. The van der Waals surface area contributed by atoms with Crippen LogP contribution in [0.5, 0.6) is 5.75 Å². The van der Waals surface area contributed by atoms with E-state index in [0.717, 1.165) is 6.07 Å². The maximum absolute atomic E-state index is 13.8. The second kappa shape index (κ2) is 7.92. The van der Waals surface area contributed by atoms with Crippen molar-refractivity contribution in [2.45, 2.75) is 38.4 Å². The first-order valence-corrected chi connectivity index (χ1v) is 10.5. The molecule has 33 heavy (non-hydrogen) atoms. The highest BCUT2D eigenvalue weighted by atomic mass is 19.1. The van der Waals surface area contributed by atoms with Crippen molar-refractivity contribution >= 4 is 11.8 Å². The Balaban J connectivity index is 1.44. The topological polar surface area (TPSA) is 110 Å². The van der Waals surface area contributed by atoms with Gasteiger partial charge >= 0.3 is 0 Å². The van der Waals surface area contributed by atoms with Gasteiger partial charge in [-0.3, -0.25) is 14.4 Å².